The van der Waals surface area contributed by atoms with Crippen molar-refractivity contribution in [2.24, 2.45) is 5.73 Å². The maximum Gasteiger partial charge on any atom is 0.271 e. The molecule has 8 heteroatoms. The second kappa shape index (κ2) is 5.79. The van der Waals surface area contributed by atoms with E-state index in [0.717, 1.165) is 11.4 Å². The van der Waals surface area contributed by atoms with Crippen molar-refractivity contribution >= 4 is 17.7 Å². The lowest BCUT2D eigenvalue weighted by atomic mass is 10.3. The molecule has 19 heavy (non-hydrogen) atoms. The van der Waals surface area contributed by atoms with E-state index in [-0.39, 0.29) is 5.69 Å². The van der Waals surface area contributed by atoms with Crippen LogP contribution in [0.2, 0.25) is 0 Å². The van der Waals surface area contributed by atoms with Gasteiger partial charge in [-0.25, -0.2) is 4.68 Å². The summed E-state index contributed by atoms with van der Waals surface area (Å²) in [6.45, 7) is 2.29. The fourth-order valence-corrected chi connectivity index (χ4v) is 2.14. The molecule has 0 aliphatic rings. The molecule has 0 unspecified atom stereocenters. The molecule has 0 aromatic carbocycles. The van der Waals surface area contributed by atoms with Gasteiger partial charge in [0, 0.05) is 11.9 Å². The molecular weight excluding hydrogens is 264 g/mol. The molecule has 2 aromatic heterocycles. The molecule has 0 aliphatic carbocycles. The van der Waals surface area contributed by atoms with Crippen LogP contribution in [0, 0.1) is 6.92 Å². The van der Waals surface area contributed by atoms with Gasteiger partial charge in [-0.05, 0) is 13.2 Å². The van der Waals surface area contributed by atoms with Crippen molar-refractivity contribution in [3.05, 3.63) is 35.2 Å². The Bertz CT molecular complexity index is 579. The van der Waals surface area contributed by atoms with Gasteiger partial charge in [0.05, 0.1) is 29.8 Å². The average Bonchev–Trinajstić information content (AvgIpc) is 2.76. The molecule has 0 atom stereocenters. The lowest BCUT2D eigenvalue weighted by Crippen LogP contribution is -2.15. The number of nitrogens with zero attached hydrogens (tertiary/aromatic N) is 5. The quantitative estimate of drug-likeness (QED) is 0.849. The Labute approximate surface area is 114 Å². The minimum absolute atomic E-state index is 0.217. The van der Waals surface area contributed by atoms with Gasteiger partial charge in [-0.3, -0.25) is 14.8 Å². The molecule has 2 N–H and O–H groups in total. The first kappa shape index (κ1) is 13.5. The van der Waals surface area contributed by atoms with E-state index in [1.807, 2.05) is 13.2 Å². The minimum Gasteiger partial charge on any atom is -0.364 e. The molecule has 0 radical (unpaired) electrons. The molecule has 100 valence electrons. The molecule has 0 saturated heterocycles. The number of primary amides is 1. The molecule has 1 amide bonds. The van der Waals surface area contributed by atoms with E-state index < -0.39 is 5.91 Å². The summed E-state index contributed by atoms with van der Waals surface area (Å²) in [5, 5.41) is 7.78. The molecule has 0 fully saturated rings. The average molecular weight is 278 g/mol. The number of hydrogen-bond acceptors (Lipinski definition) is 6. The van der Waals surface area contributed by atoms with Crippen LogP contribution >= 0.6 is 11.8 Å². The SMILES string of the molecule is CSCc1c(C(N)=O)nnn1Cc1cnc(C)cn1. The first-order valence-corrected chi connectivity index (χ1v) is 7.00. The molecular formula is C11H14N6OS. The zero-order valence-corrected chi connectivity index (χ0v) is 11.5. The molecule has 2 heterocycles. The third-order valence-electron chi connectivity index (χ3n) is 2.50. The van der Waals surface area contributed by atoms with Crippen molar-refractivity contribution in [2.45, 2.75) is 19.2 Å². The topological polar surface area (TPSA) is 99.6 Å². The summed E-state index contributed by atoms with van der Waals surface area (Å²) in [6.07, 6.45) is 5.31. The summed E-state index contributed by atoms with van der Waals surface area (Å²) in [5.74, 6) is 0.0511. The smallest absolute Gasteiger partial charge is 0.271 e. The Morgan fingerprint density at radius 1 is 1.42 bits per heavy atom. The number of hydrogen-bond donors (Lipinski definition) is 1. The lowest BCUT2D eigenvalue weighted by Gasteiger charge is -2.05. The van der Waals surface area contributed by atoms with E-state index in [2.05, 4.69) is 20.3 Å². The summed E-state index contributed by atoms with van der Waals surface area (Å²) in [6, 6.07) is 0. The van der Waals surface area contributed by atoms with Gasteiger partial charge in [-0.2, -0.15) is 11.8 Å². The number of thioether (sulfide) groups is 1. The molecule has 0 spiro atoms. The van der Waals surface area contributed by atoms with E-state index >= 15 is 0 Å². The Hall–Kier alpha value is -1.96. The summed E-state index contributed by atoms with van der Waals surface area (Å²) in [4.78, 5) is 19.7. The number of amides is 1. The van der Waals surface area contributed by atoms with Gasteiger partial charge < -0.3 is 5.73 Å². The van der Waals surface area contributed by atoms with Gasteiger partial charge in [0.25, 0.3) is 5.91 Å². The minimum atomic E-state index is -0.565. The van der Waals surface area contributed by atoms with Crippen LogP contribution < -0.4 is 5.73 Å². The highest BCUT2D eigenvalue weighted by Crippen LogP contribution is 2.13. The third-order valence-corrected chi connectivity index (χ3v) is 3.06. The van der Waals surface area contributed by atoms with Crippen molar-refractivity contribution in [3.8, 4) is 0 Å². The predicted octanol–water partition coefficient (Wildman–Crippen LogP) is 0.387. The maximum absolute atomic E-state index is 11.3. The maximum atomic E-state index is 11.3. The van der Waals surface area contributed by atoms with E-state index in [1.54, 1.807) is 28.8 Å². The summed E-state index contributed by atoms with van der Waals surface area (Å²) < 4.78 is 1.63. The van der Waals surface area contributed by atoms with E-state index in [1.165, 1.54) is 0 Å². The van der Waals surface area contributed by atoms with Crippen LogP contribution in [0.3, 0.4) is 0 Å². The molecule has 7 nitrogen and oxygen atoms in total. The van der Waals surface area contributed by atoms with Crippen LogP contribution in [-0.4, -0.2) is 37.1 Å². The monoisotopic (exact) mass is 278 g/mol. The van der Waals surface area contributed by atoms with Crippen molar-refractivity contribution in [3.63, 3.8) is 0 Å². The van der Waals surface area contributed by atoms with Crippen LogP contribution in [0.4, 0.5) is 0 Å². The van der Waals surface area contributed by atoms with Gasteiger partial charge >= 0.3 is 0 Å². The Morgan fingerprint density at radius 3 is 2.79 bits per heavy atom. The third kappa shape index (κ3) is 3.08. The first-order valence-electron chi connectivity index (χ1n) is 5.60. The van der Waals surface area contributed by atoms with Gasteiger partial charge in [0.15, 0.2) is 5.69 Å². The standard InChI is InChI=1S/C11H14N6OS/c1-7-3-14-8(4-13-7)5-17-9(6-19-2)10(11(12)18)15-16-17/h3-4H,5-6H2,1-2H3,(H2,12,18). The van der Waals surface area contributed by atoms with E-state index in [0.29, 0.717) is 18.0 Å². The number of aryl methyl sites for hydroxylation is 1. The van der Waals surface area contributed by atoms with Crippen LogP contribution in [0.15, 0.2) is 12.4 Å². The Morgan fingerprint density at radius 2 is 2.21 bits per heavy atom. The van der Waals surface area contributed by atoms with Crippen molar-refractivity contribution in [1.29, 1.82) is 0 Å². The summed E-state index contributed by atoms with van der Waals surface area (Å²) in [7, 11) is 0. The van der Waals surface area contributed by atoms with Gasteiger partial charge in [-0.15, -0.1) is 5.10 Å². The lowest BCUT2D eigenvalue weighted by molar-refractivity contribution is 0.0995. The molecule has 2 rings (SSSR count). The second-order valence-corrected chi connectivity index (χ2v) is 4.85. The number of rotatable bonds is 5. The van der Waals surface area contributed by atoms with Crippen LogP contribution in [-0.2, 0) is 12.3 Å². The fraction of sp³-hybridized carbons (Fsp3) is 0.364. The zero-order chi connectivity index (χ0) is 13.8. The second-order valence-electron chi connectivity index (χ2n) is 3.99. The Balaban J connectivity index is 2.29. The van der Waals surface area contributed by atoms with Crippen molar-refractivity contribution < 1.29 is 4.79 Å². The highest BCUT2D eigenvalue weighted by Gasteiger charge is 2.17. The fourth-order valence-electron chi connectivity index (χ4n) is 1.59. The summed E-state index contributed by atoms with van der Waals surface area (Å²) >= 11 is 1.57. The highest BCUT2D eigenvalue weighted by molar-refractivity contribution is 7.97. The Kier molecular flexibility index (Phi) is 4.10. The van der Waals surface area contributed by atoms with Crippen LogP contribution in [0.1, 0.15) is 27.6 Å². The number of aromatic nitrogens is 5. The number of nitrogens with two attached hydrogens (primary N) is 1. The first-order chi connectivity index (χ1) is 9.11. The largest absolute Gasteiger partial charge is 0.364 e. The summed E-state index contributed by atoms with van der Waals surface area (Å²) in [5.41, 5.74) is 7.82. The molecule has 2 aromatic rings. The van der Waals surface area contributed by atoms with Gasteiger partial charge in [0.2, 0.25) is 0 Å². The van der Waals surface area contributed by atoms with E-state index in [9.17, 15) is 4.79 Å². The highest BCUT2D eigenvalue weighted by atomic mass is 32.2. The van der Waals surface area contributed by atoms with E-state index in [4.69, 9.17) is 5.73 Å². The van der Waals surface area contributed by atoms with Crippen molar-refractivity contribution in [2.75, 3.05) is 6.26 Å². The van der Waals surface area contributed by atoms with Gasteiger partial charge in [0.1, 0.15) is 0 Å². The number of carbonyl (C=O) groups excluding carboxylic acids is 1. The zero-order valence-electron chi connectivity index (χ0n) is 10.7. The molecule has 0 saturated carbocycles. The van der Waals surface area contributed by atoms with Crippen molar-refractivity contribution in [1.82, 2.24) is 25.0 Å². The predicted molar refractivity (Wildman–Crippen MR) is 71.6 cm³/mol. The normalized spacial score (nSPS) is 10.6. The molecule has 0 aliphatic heterocycles. The van der Waals surface area contributed by atoms with Gasteiger partial charge in [-0.1, -0.05) is 5.21 Å². The molecule has 0 bridgehead atoms. The van der Waals surface area contributed by atoms with Crippen LogP contribution in [0.5, 0.6) is 0 Å². The van der Waals surface area contributed by atoms with Crippen LogP contribution in [0.25, 0.3) is 0 Å². The number of carbonyl (C=O) groups is 1.